The summed E-state index contributed by atoms with van der Waals surface area (Å²) in [4.78, 5) is 9.42. The zero-order chi connectivity index (χ0) is 24.3. The Balaban J connectivity index is 1.60. The second-order valence-electron chi connectivity index (χ2n) is 11.2. The molecule has 7 atom stereocenters. The van der Waals surface area contributed by atoms with E-state index in [9.17, 15) is 0 Å². The van der Waals surface area contributed by atoms with Gasteiger partial charge in [0.1, 0.15) is 11.7 Å². The normalized spacial score (nSPS) is 39.2. The summed E-state index contributed by atoms with van der Waals surface area (Å²) in [5, 5.41) is 7.71. The van der Waals surface area contributed by atoms with Crippen molar-refractivity contribution in [3.8, 4) is 0 Å². The first kappa shape index (κ1) is 26.4. The molecule has 196 valence electrons. The molecule has 7 unspecified atom stereocenters. The molecular weight excluding hydrogens is 452 g/mol. The number of hydrogen-bond acceptors (Lipinski definition) is 8. The maximum atomic E-state index is 6.73. The molecule has 4 N–H and O–H groups in total. The Labute approximate surface area is 211 Å². The van der Waals surface area contributed by atoms with Gasteiger partial charge in [0.2, 0.25) is 0 Å². The van der Waals surface area contributed by atoms with Crippen LogP contribution in [-0.4, -0.2) is 99.2 Å². The van der Waals surface area contributed by atoms with Crippen molar-refractivity contribution in [2.75, 3.05) is 53.6 Å². The summed E-state index contributed by atoms with van der Waals surface area (Å²) in [7, 11) is 3.78. The predicted octanol–water partition coefficient (Wildman–Crippen LogP) is 2.03. The molecular formula is C25H47ClN6O2. The lowest BCUT2D eigenvalue weighted by Gasteiger charge is -2.51. The monoisotopic (exact) mass is 498 g/mol. The van der Waals surface area contributed by atoms with Crippen molar-refractivity contribution in [2.45, 2.75) is 82.2 Å². The van der Waals surface area contributed by atoms with Crippen LogP contribution in [0.4, 0.5) is 0 Å². The summed E-state index contributed by atoms with van der Waals surface area (Å²) in [5.74, 6) is 1.45. The van der Waals surface area contributed by atoms with Crippen LogP contribution in [0, 0.1) is 17.3 Å². The second kappa shape index (κ2) is 11.6. The van der Waals surface area contributed by atoms with Crippen LogP contribution in [0.1, 0.15) is 52.4 Å². The van der Waals surface area contributed by atoms with E-state index in [-0.39, 0.29) is 23.2 Å². The zero-order valence-corrected chi connectivity index (χ0v) is 22.4. The zero-order valence-electron chi connectivity index (χ0n) is 21.6. The minimum atomic E-state index is -0.146. The first-order chi connectivity index (χ1) is 16.3. The van der Waals surface area contributed by atoms with E-state index in [1.807, 2.05) is 19.1 Å². The Morgan fingerprint density at radius 1 is 1.26 bits per heavy atom. The smallest absolute Gasteiger partial charge is 0.193 e. The van der Waals surface area contributed by atoms with E-state index < -0.39 is 0 Å². The maximum Gasteiger partial charge on any atom is 0.193 e. The highest BCUT2D eigenvalue weighted by molar-refractivity contribution is 6.21. The summed E-state index contributed by atoms with van der Waals surface area (Å²) in [6.45, 7) is 10.3. The van der Waals surface area contributed by atoms with E-state index in [0.29, 0.717) is 29.9 Å². The summed E-state index contributed by atoms with van der Waals surface area (Å²) >= 11 is 6.73. The van der Waals surface area contributed by atoms with Crippen LogP contribution in [0.2, 0.25) is 0 Å². The van der Waals surface area contributed by atoms with Gasteiger partial charge in [-0.15, -0.1) is 0 Å². The molecule has 34 heavy (non-hydrogen) atoms. The van der Waals surface area contributed by atoms with Crippen molar-refractivity contribution < 1.29 is 9.47 Å². The number of aliphatic imine (C=N–C) groups is 1. The number of rotatable bonds is 7. The van der Waals surface area contributed by atoms with Crippen LogP contribution in [-0.2, 0) is 9.47 Å². The molecule has 4 aliphatic heterocycles. The summed E-state index contributed by atoms with van der Waals surface area (Å²) in [5.41, 5.74) is 6.36. The number of methoxy groups -OCH3 is 1. The van der Waals surface area contributed by atoms with Crippen LogP contribution < -0.4 is 16.4 Å². The Kier molecular flexibility index (Phi) is 9.02. The maximum absolute atomic E-state index is 6.73. The molecule has 8 nitrogen and oxygen atoms in total. The van der Waals surface area contributed by atoms with Crippen LogP contribution >= 0.6 is 11.6 Å². The van der Waals surface area contributed by atoms with Crippen LogP contribution in [0.15, 0.2) is 4.99 Å². The number of ether oxygens (including phenoxy) is 2. The van der Waals surface area contributed by atoms with Gasteiger partial charge in [-0.3, -0.25) is 4.90 Å². The molecule has 0 bridgehead atoms. The third-order valence-electron chi connectivity index (χ3n) is 9.06. The number of halogens is 1. The van der Waals surface area contributed by atoms with Crippen LogP contribution in [0.5, 0.6) is 0 Å². The molecule has 0 radical (unpaired) electrons. The van der Waals surface area contributed by atoms with Gasteiger partial charge in [-0.05, 0) is 44.1 Å². The summed E-state index contributed by atoms with van der Waals surface area (Å²) in [6, 6.07) is 0.859. The van der Waals surface area contributed by atoms with E-state index >= 15 is 0 Å². The standard InChI is InChI=1S/C25H47ClN6O2/c1-17-14-29-19(18(2)23(17)33-4)15-32(22-13-21(26)31(3)24(27)30-22)16-25(8-11-34-12-9-25)20-7-5-6-10-28-20/h17-23,28-29H,5-16H2,1-4H3,(H2,27,30). The lowest BCUT2D eigenvalue weighted by Crippen LogP contribution is -2.62. The SMILES string of the molecule is COC1C(C)CNC(CN(CC2(C3CCCCN3)CCOCC2)C2CC(Cl)N(C)C(N)=N2)C1C. The fraction of sp³-hybridized carbons (Fsp3) is 0.960. The summed E-state index contributed by atoms with van der Waals surface area (Å²) < 4.78 is 11.8. The third kappa shape index (κ3) is 5.68. The average molecular weight is 499 g/mol. The lowest BCUT2D eigenvalue weighted by molar-refractivity contribution is -0.0531. The molecule has 0 aliphatic carbocycles. The molecule has 0 aromatic heterocycles. The molecule has 0 aromatic rings. The molecule has 0 amide bonds. The Bertz CT molecular complexity index is 684. The number of piperidine rings is 2. The van der Waals surface area contributed by atoms with Gasteiger partial charge in [-0.2, -0.15) is 0 Å². The van der Waals surface area contributed by atoms with E-state index in [0.717, 1.165) is 58.7 Å². The van der Waals surface area contributed by atoms with Crippen molar-refractivity contribution in [2.24, 2.45) is 28.0 Å². The van der Waals surface area contributed by atoms with E-state index in [4.69, 9.17) is 31.8 Å². The van der Waals surface area contributed by atoms with Gasteiger partial charge in [0, 0.05) is 70.9 Å². The van der Waals surface area contributed by atoms with Crippen molar-refractivity contribution in [3.05, 3.63) is 0 Å². The van der Waals surface area contributed by atoms with Crippen LogP contribution in [0.25, 0.3) is 0 Å². The second-order valence-corrected chi connectivity index (χ2v) is 11.7. The van der Waals surface area contributed by atoms with Gasteiger partial charge in [-0.1, -0.05) is 31.9 Å². The minimum absolute atomic E-state index is 0.0173. The number of nitrogens with zero attached hydrogens (tertiary/aromatic N) is 3. The molecule has 4 heterocycles. The third-order valence-corrected chi connectivity index (χ3v) is 9.54. The van der Waals surface area contributed by atoms with Crippen molar-refractivity contribution in [1.82, 2.24) is 20.4 Å². The highest BCUT2D eigenvalue weighted by atomic mass is 35.5. The fourth-order valence-corrected chi connectivity index (χ4v) is 7.04. The molecule has 0 aromatic carbocycles. The molecule has 4 aliphatic rings. The molecule has 0 spiro atoms. The topological polar surface area (TPSA) is 87.4 Å². The number of nitrogens with two attached hydrogens (primary N) is 1. The highest BCUT2D eigenvalue weighted by Crippen LogP contribution is 2.40. The van der Waals surface area contributed by atoms with Gasteiger partial charge in [0.15, 0.2) is 5.96 Å². The number of hydrogen-bond donors (Lipinski definition) is 3. The molecule has 3 saturated heterocycles. The number of guanidine groups is 1. The quantitative estimate of drug-likeness (QED) is 0.365. The highest BCUT2D eigenvalue weighted by Gasteiger charge is 2.45. The summed E-state index contributed by atoms with van der Waals surface area (Å²) in [6.07, 6.45) is 7.01. The molecule has 9 heteroatoms. The van der Waals surface area contributed by atoms with Crippen LogP contribution in [0.3, 0.4) is 0 Å². The molecule has 3 fully saturated rings. The van der Waals surface area contributed by atoms with E-state index in [1.165, 1.54) is 19.3 Å². The van der Waals surface area contributed by atoms with Gasteiger partial charge in [-0.25, -0.2) is 4.99 Å². The van der Waals surface area contributed by atoms with Gasteiger partial charge < -0.3 is 30.7 Å². The minimum Gasteiger partial charge on any atom is -0.381 e. The Morgan fingerprint density at radius 2 is 2.03 bits per heavy atom. The van der Waals surface area contributed by atoms with E-state index in [1.54, 1.807) is 0 Å². The predicted molar refractivity (Wildman–Crippen MR) is 138 cm³/mol. The molecule has 0 saturated carbocycles. The van der Waals surface area contributed by atoms with Crippen molar-refractivity contribution >= 4 is 17.6 Å². The van der Waals surface area contributed by atoms with Gasteiger partial charge in [0.05, 0.1) is 6.10 Å². The Hall–Kier alpha value is -0.640. The first-order valence-corrected chi connectivity index (χ1v) is 13.8. The Morgan fingerprint density at radius 3 is 2.68 bits per heavy atom. The lowest BCUT2D eigenvalue weighted by atomic mass is 9.70. The largest absolute Gasteiger partial charge is 0.381 e. The average Bonchev–Trinajstić information content (AvgIpc) is 2.85. The first-order valence-electron chi connectivity index (χ1n) is 13.4. The van der Waals surface area contributed by atoms with Crippen molar-refractivity contribution in [3.63, 3.8) is 0 Å². The van der Waals surface area contributed by atoms with Crippen molar-refractivity contribution in [1.29, 1.82) is 0 Å². The number of alkyl halides is 1. The number of nitrogens with one attached hydrogen (secondary N) is 2. The van der Waals surface area contributed by atoms with E-state index in [2.05, 4.69) is 29.4 Å². The fourth-order valence-electron chi connectivity index (χ4n) is 6.78. The van der Waals surface area contributed by atoms with Gasteiger partial charge >= 0.3 is 0 Å². The molecule has 4 rings (SSSR count). The van der Waals surface area contributed by atoms with Gasteiger partial charge in [0.25, 0.3) is 0 Å².